The number of thiophene rings is 1. The van der Waals surface area contributed by atoms with Gasteiger partial charge in [0.15, 0.2) is 0 Å². The van der Waals surface area contributed by atoms with E-state index in [0.717, 1.165) is 43.4 Å². The number of aromatic nitrogens is 2. The monoisotopic (exact) mass is 472 g/mol. The number of imidazole rings is 1. The summed E-state index contributed by atoms with van der Waals surface area (Å²) in [6, 6.07) is 4.18. The van der Waals surface area contributed by atoms with Crippen molar-refractivity contribution in [2.45, 2.75) is 44.3 Å². The molecule has 0 radical (unpaired) electrons. The number of hydrogen-bond donors (Lipinski definition) is 2. The molecule has 32 heavy (non-hydrogen) atoms. The first kappa shape index (κ1) is 24.2. The van der Waals surface area contributed by atoms with E-state index in [1.54, 1.807) is 11.3 Å². The zero-order valence-corrected chi connectivity index (χ0v) is 18.6. The molecular weight excluding hydrogens is 445 g/mol. The molecule has 1 aliphatic carbocycles. The van der Waals surface area contributed by atoms with Crippen molar-refractivity contribution in [1.82, 2.24) is 19.8 Å². The van der Waals surface area contributed by atoms with Crippen LogP contribution in [0.15, 0.2) is 23.8 Å². The predicted octanol–water partition coefficient (Wildman–Crippen LogP) is 3.17. The van der Waals surface area contributed by atoms with Crippen LogP contribution in [0.4, 0.5) is 13.2 Å². The maximum atomic E-state index is 12.9. The van der Waals surface area contributed by atoms with Gasteiger partial charge in [-0.15, -0.1) is 11.3 Å². The Balaban J connectivity index is 0.000000360. The molecule has 4 rings (SSSR count). The molecular formula is C21H27F3N4O3S. The Morgan fingerprint density at radius 1 is 1.34 bits per heavy atom. The summed E-state index contributed by atoms with van der Waals surface area (Å²) in [7, 11) is 2.00. The largest absolute Gasteiger partial charge is 0.490 e. The molecule has 0 bridgehead atoms. The molecule has 1 saturated carbocycles. The summed E-state index contributed by atoms with van der Waals surface area (Å²) in [5.74, 6) is -1.92. The lowest BCUT2D eigenvalue weighted by atomic mass is 9.84. The second kappa shape index (κ2) is 10.5. The summed E-state index contributed by atoms with van der Waals surface area (Å²) in [4.78, 5) is 30.1. The number of aliphatic carboxylic acids is 1. The Hall–Kier alpha value is -2.40. The number of carbonyl (C=O) groups excluding carboxylic acids is 1. The van der Waals surface area contributed by atoms with E-state index in [1.807, 2.05) is 17.9 Å². The molecule has 1 atom stereocenters. The maximum absolute atomic E-state index is 12.9. The third-order valence-electron chi connectivity index (χ3n) is 5.76. The number of amides is 1. The van der Waals surface area contributed by atoms with Gasteiger partial charge in [0.2, 0.25) is 5.91 Å². The number of nitrogens with one attached hydrogen (secondary N) is 1. The van der Waals surface area contributed by atoms with Gasteiger partial charge >= 0.3 is 12.1 Å². The minimum Gasteiger partial charge on any atom is -0.475 e. The fourth-order valence-electron chi connectivity index (χ4n) is 3.95. The molecule has 1 aliphatic heterocycles. The molecule has 1 amide bonds. The fraction of sp³-hybridized carbons (Fsp3) is 0.571. The zero-order valence-electron chi connectivity index (χ0n) is 17.8. The van der Waals surface area contributed by atoms with Crippen molar-refractivity contribution >= 4 is 23.2 Å². The van der Waals surface area contributed by atoms with Crippen molar-refractivity contribution in [3.05, 3.63) is 40.1 Å². The molecule has 2 aromatic heterocycles. The van der Waals surface area contributed by atoms with Gasteiger partial charge < -0.3 is 15.0 Å². The van der Waals surface area contributed by atoms with E-state index < -0.39 is 12.1 Å². The van der Waals surface area contributed by atoms with Gasteiger partial charge in [-0.2, -0.15) is 13.2 Å². The standard InChI is InChI=1S/C19H26N4OS.C2HF3O2/c1-22-13-21-17-12-23(10-14-4-2-5-14)11-16(18(17)22)19(24)20-8-7-15-6-3-9-25-15;3-2(4,5)1(6)7/h3,6,9,13-14,16H,2,4-5,7-8,10-12H2,1H3,(H,20,24);(H,6,7). The van der Waals surface area contributed by atoms with Crippen molar-refractivity contribution in [2.24, 2.45) is 13.0 Å². The number of halogens is 3. The fourth-order valence-corrected chi connectivity index (χ4v) is 4.66. The van der Waals surface area contributed by atoms with E-state index in [2.05, 4.69) is 32.7 Å². The summed E-state index contributed by atoms with van der Waals surface area (Å²) >= 11 is 1.75. The molecule has 176 valence electrons. The number of carboxylic acids is 1. The van der Waals surface area contributed by atoms with Crippen LogP contribution in [0.3, 0.4) is 0 Å². The highest BCUT2D eigenvalue weighted by molar-refractivity contribution is 7.09. The van der Waals surface area contributed by atoms with E-state index >= 15 is 0 Å². The normalized spacial score (nSPS) is 18.8. The van der Waals surface area contributed by atoms with Crippen LogP contribution < -0.4 is 5.32 Å². The molecule has 1 unspecified atom stereocenters. The van der Waals surface area contributed by atoms with Crippen LogP contribution in [0.1, 0.15) is 41.4 Å². The molecule has 0 spiro atoms. The van der Waals surface area contributed by atoms with E-state index in [0.29, 0.717) is 6.54 Å². The number of rotatable bonds is 6. The Kier molecular flexibility index (Phi) is 7.94. The highest BCUT2D eigenvalue weighted by Gasteiger charge is 2.38. The minimum absolute atomic E-state index is 0.111. The van der Waals surface area contributed by atoms with Gasteiger partial charge in [0.1, 0.15) is 0 Å². The van der Waals surface area contributed by atoms with Gasteiger partial charge in [-0.25, -0.2) is 9.78 Å². The molecule has 0 aromatic carbocycles. The lowest BCUT2D eigenvalue weighted by Crippen LogP contribution is -2.44. The summed E-state index contributed by atoms with van der Waals surface area (Å²) < 4.78 is 33.8. The first-order valence-corrected chi connectivity index (χ1v) is 11.4. The van der Waals surface area contributed by atoms with Gasteiger partial charge in [0.25, 0.3) is 0 Å². The highest BCUT2D eigenvalue weighted by Crippen LogP contribution is 2.32. The highest BCUT2D eigenvalue weighted by atomic mass is 32.1. The van der Waals surface area contributed by atoms with Crippen molar-refractivity contribution in [3.8, 4) is 0 Å². The van der Waals surface area contributed by atoms with Crippen molar-refractivity contribution in [2.75, 3.05) is 19.6 Å². The van der Waals surface area contributed by atoms with E-state index in [9.17, 15) is 18.0 Å². The Morgan fingerprint density at radius 2 is 2.06 bits per heavy atom. The molecule has 0 saturated heterocycles. The molecule has 11 heteroatoms. The summed E-state index contributed by atoms with van der Waals surface area (Å²) in [5, 5.41) is 12.4. The maximum Gasteiger partial charge on any atom is 0.490 e. The average Bonchev–Trinajstić information content (AvgIpc) is 3.34. The van der Waals surface area contributed by atoms with E-state index in [4.69, 9.17) is 9.90 Å². The van der Waals surface area contributed by atoms with Gasteiger partial charge in [-0.05, 0) is 36.6 Å². The second-order valence-corrected chi connectivity index (χ2v) is 9.19. The predicted molar refractivity (Wildman–Crippen MR) is 113 cm³/mol. The van der Waals surface area contributed by atoms with Gasteiger partial charge in [0.05, 0.1) is 23.6 Å². The summed E-state index contributed by atoms with van der Waals surface area (Å²) in [6.45, 7) is 3.50. The number of nitrogens with zero attached hydrogens (tertiary/aromatic N) is 3. The molecule has 2 aromatic rings. The lowest BCUT2D eigenvalue weighted by Gasteiger charge is -2.37. The van der Waals surface area contributed by atoms with Gasteiger partial charge in [0, 0.05) is 38.1 Å². The summed E-state index contributed by atoms with van der Waals surface area (Å²) in [6.07, 6.45) is 1.70. The van der Waals surface area contributed by atoms with Crippen LogP contribution >= 0.6 is 11.3 Å². The number of aryl methyl sites for hydroxylation is 1. The molecule has 2 N–H and O–H groups in total. The summed E-state index contributed by atoms with van der Waals surface area (Å²) in [5.41, 5.74) is 2.17. The number of alkyl halides is 3. The minimum atomic E-state index is -5.08. The number of carbonyl (C=O) groups is 2. The van der Waals surface area contributed by atoms with Crippen LogP contribution in [-0.2, 0) is 29.6 Å². The van der Waals surface area contributed by atoms with Crippen molar-refractivity contribution in [1.29, 1.82) is 0 Å². The smallest absolute Gasteiger partial charge is 0.475 e. The molecule has 3 heterocycles. The number of carboxylic acid groups (broad SMARTS) is 1. The number of fused-ring (bicyclic) bond motifs is 1. The molecule has 1 fully saturated rings. The Bertz CT molecular complexity index is 910. The first-order valence-electron chi connectivity index (χ1n) is 10.5. The average molecular weight is 473 g/mol. The quantitative estimate of drug-likeness (QED) is 0.675. The first-order chi connectivity index (χ1) is 15.1. The number of hydrogen-bond acceptors (Lipinski definition) is 5. The molecule has 7 nitrogen and oxygen atoms in total. The van der Waals surface area contributed by atoms with Crippen LogP contribution in [-0.4, -0.2) is 57.2 Å². The van der Waals surface area contributed by atoms with E-state index in [-0.39, 0.29) is 11.8 Å². The van der Waals surface area contributed by atoms with Gasteiger partial charge in [-0.3, -0.25) is 9.69 Å². The van der Waals surface area contributed by atoms with Gasteiger partial charge in [-0.1, -0.05) is 12.5 Å². The Labute approximate surface area is 188 Å². The van der Waals surface area contributed by atoms with Crippen molar-refractivity contribution < 1.29 is 27.9 Å². The van der Waals surface area contributed by atoms with Crippen LogP contribution in [0.2, 0.25) is 0 Å². The second-order valence-electron chi connectivity index (χ2n) is 8.15. The SMILES string of the molecule is Cn1cnc2c1C(C(=O)NCCc1cccs1)CN(CC1CCC1)C2.O=C(O)C(F)(F)F. The zero-order chi connectivity index (χ0) is 23.3. The topological polar surface area (TPSA) is 87.5 Å². The lowest BCUT2D eigenvalue weighted by molar-refractivity contribution is -0.192. The van der Waals surface area contributed by atoms with Crippen LogP contribution in [0.25, 0.3) is 0 Å². The third kappa shape index (κ3) is 6.32. The van der Waals surface area contributed by atoms with Crippen molar-refractivity contribution in [3.63, 3.8) is 0 Å². The Morgan fingerprint density at radius 3 is 2.62 bits per heavy atom. The van der Waals surface area contributed by atoms with E-state index in [1.165, 1.54) is 24.1 Å². The van der Waals surface area contributed by atoms with Crippen LogP contribution in [0.5, 0.6) is 0 Å². The third-order valence-corrected chi connectivity index (χ3v) is 6.69. The molecule has 2 aliphatic rings. The van der Waals surface area contributed by atoms with Crippen LogP contribution in [0, 0.1) is 5.92 Å².